The molecule has 1 heterocycles. The standard InChI is InChI=1S/C13H16BrNO2/c1-8(9(2)15)5-10-6-11(14)13-12(7-10)16-3-4-17-13/h5-7,9H,3-4,15H2,1-2H3/b8-5+. The average molecular weight is 298 g/mol. The van der Waals surface area contributed by atoms with E-state index in [1.54, 1.807) is 0 Å². The van der Waals surface area contributed by atoms with Gasteiger partial charge in [0.1, 0.15) is 13.2 Å². The predicted octanol–water partition coefficient (Wildman–Crippen LogP) is 2.97. The van der Waals surface area contributed by atoms with Crippen LogP contribution in [0.3, 0.4) is 0 Å². The average Bonchev–Trinajstić information content (AvgIpc) is 2.29. The van der Waals surface area contributed by atoms with Crippen molar-refractivity contribution in [3.63, 3.8) is 0 Å². The van der Waals surface area contributed by atoms with Gasteiger partial charge in [0.2, 0.25) is 0 Å². The molecule has 0 aliphatic carbocycles. The summed E-state index contributed by atoms with van der Waals surface area (Å²) in [5, 5.41) is 0. The van der Waals surface area contributed by atoms with E-state index in [0.29, 0.717) is 13.2 Å². The Balaban J connectivity index is 2.37. The van der Waals surface area contributed by atoms with Crippen LogP contribution in [0.1, 0.15) is 19.4 Å². The van der Waals surface area contributed by atoms with Gasteiger partial charge in [-0.2, -0.15) is 0 Å². The number of rotatable bonds is 2. The van der Waals surface area contributed by atoms with Gasteiger partial charge in [0, 0.05) is 6.04 Å². The molecule has 0 radical (unpaired) electrons. The lowest BCUT2D eigenvalue weighted by molar-refractivity contribution is 0.170. The maximum Gasteiger partial charge on any atom is 0.175 e. The van der Waals surface area contributed by atoms with Gasteiger partial charge in [0.15, 0.2) is 11.5 Å². The summed E-state index contributed by atoms with van der Waals surface area (Å²) in [7, 11) is 0. The summed E-state index contributed by atoms with van der Waals surface area (Å²) in [6.07, 6.45) is 2.06. The van der Waals surface area contributed by atoms with Crippen molar-refractivity contribution in [1.29, 1.82) is 0 Å². The van der Waals surface area contributed by atoms with Crippen molar-refractivity contribution in [2.75, 3.05) is 13.2 Å². The first kappa shape index (κ1) is 12.5. The third-order valence-electron chi connectivity index (χ3n) is 2.73. The SMILES string of the molecule is C/C(=C\c1cc(Br)c2c(c1)OCCO2)C(C)N. The molecule has 2 rings (SSSR count). The van der Waals surface area contributed by atoms with E-state index in [0.717, 1.165) is 27.1 Å². The minimum atomic E-state index is 0.0574. The molecule has 92 valence electrons. The molecule has 0 bridgehead atoms. The van der Waals surface area contributed by atoms with E-state index in [2.05, 4.69) is 22.0 Å². The molecule has 3 nitrogen and oxygen atoms in total. The summed E-state index contributed by atoms with van der Waals surface area (Å²) in [6, 6.07) is 4.05. The fraction of sp³-hybridized carbons (Fsp3) is 0.385. The Morgan fingerprint density at radius 2 is 2.12 bits per heavy atom. The fourth-order valence-corrected chi connectivity index (χ4v) is 2.18. The van der Waals surface area contributed by atoms with Crippen LogP contribution in [0.25, 0.3) is 6.08 Å². The number of hydrogen-bond acceptors (Lipinski definition) is 3. The second-order valence-corrected chi connectivity index (χ2v) is 5.06. The molecule has 1 aliphatic rings. The minimum Gasteiger partial charge on any atom is -0.486 e. The molecule has 0 fully saturated rings. The van der Waals surface area contributed by atoms with E-state index in [4.69, 9.17) is 15.2 Å². The highest BCUT2D eigenvalue weighted by molar-refractivity contribution is 9.10. The summed E-state index contributed by atoms with van der Waals surface area (Å²) in [5.74, 6) is 1.57. The summed E-state index contributed by atoms with van der Waals surface area (Å²) in [5.41, 5.74) is 8.02. The van der Waals surface area contributed by atoms with Crippen LogP contribution in [-0.2, 0) is 0 Å². The Kier molecular flexibility index (Phi) is 3.74. The number of halogens is 1. The quantitative estimate of drug-likeness (QED) is 0.913. The Labute approximate surface area is 110 Å². The summed E-state index contributed by atoms with van der Waals surface area (Å²) in [6.45, 7) is 5.19. The van der Waals surface area contributed by atoms with Gasteiger partial charge in [-0.15, -0.1) is 0 Å². The molecule has 0 amide bonds. The van der Waals surface area contributed by atoms with Crippen LogP contribution in [0, 0.1) is 0 Å². The molecular formula is C13H16BrNO2. The highest BCUT2D eigenvalue weighted by Gasteiger charge is 2.15. The van der Waals surface area contributed by atoms with Crippen molar-refractivity contribution in [2.24, 2.45) is 5.73 Å². The van der Waals surface area contributed by atoms with Crippen molar-refractivity contribution in [1.82, 2.24) is 0 Å². The first-order chi connectivity index (χ1) is 8.08. The Morgan fingerprint density at radius 1 is 1.41 bits per heavy atom. The third-order valence-corrected chi connectivity index (χ3v) is 3.32. The zero-order valence-electron chi connectivity index (χ0n) is 10.00. The van der Waals surface area contributed by atoms with Crippen molar-refractivity contribution in [3.8, 4) is 11.5 Å². The molecular weight excluding hydrogens is 282 g/mol. The Hall–Kier alpha value is -1.00. The van der Waals surface area contributed by atoms with Gasteiger partial charge in [0.05, 0.1) is 4.47 Å². The fourth-order valence-electron chi connectivity index (χ4n) is 1.61. The van der Waals surface area contributed by atoms with E-state index in [1.165, 1.54) is 0 Å². The normalized spacial score (nSPS) is 16.8. The molecule has 4 heteroatoms. The predicted molar refractivity (Wildman–Crippen MR) is 72.4 cm³/mol. The molecule has 0 spiro atoms. The topological polar surface area (TPSA) is 44.5 Å². The number of hydrogen-bond donors (Lipinski definition) is 1. The van der Waals surface area contributed by atoms with Gasteiger partial charge < -0.3 is 15.2 Å². The minimum absolute atomic E-state index is 0.0574. The van der Waals surface area contributed by atoms with Crippen molar-refractivity contribution < 1.29 is 9.47 Å². The lowest BCUT2D eigenvalue weighted by atomic mass is 10.1. The van der Waals surface area contributed by atoms with Gasteiger partial charge in [-0.25, -0.2) is 0 Å². The summed E-state index contributed by atoms with van der Waals surface area (Å²) in [4.78, 5) is 0. The van der Waals surface area contributed by atoms with Crippen LogP contribution in [0.15, 0.2) is 22.2 Å². The first-order valence-corrected chi connectivity index (χ1v) is 6.40. The second kappa shape index (κ2) is 5.10. The molecule has 17 heavy (non-hydrogen) atoms. The summed E-state index contributed by atoms with van der Waals surface area (Å²) >= 11 is 3.49. The maximum atomic E-state index is 5.82. The van der Waals surface area contributed by atoms with Gasteiger partial charge >= 0.3 is 0 Å². The molecule has 1 aromatic rings. The zero-order chi connectivity index (χ0) is 12.4. The Morgan fingerprint density at radius 3 is 2.82 bits per heavy atom. The summed E-state index contributed by atoms with van der Waals surface area (Å²) < 4.78 is 12.0. The van der Waals surface area contributed by atoms with Crippen molar-refractivity contribution in [3.05, 3.63) is 27.7 Å². The lowest BCUT2D eigenvalue weighted by Crippen LogP contribution is -2.16. The van der Waals surface area contributed by atoms with Crippen LogP contribution in [0.2, 0.25) is 0 Å². The Bertz CT molecular complexity index is 455. The van der Waals surface area contributed by atoms with Crippen molar-refractivity contribution in [2.45, 2.75) is 19.9 Å². The van der Waals surface area contributed by atoms with Gasteiger partial charge in [0.25, 0.3) is 0 Å². The molecule has 1 aromatic carbocycles. The molecule has 0 saturated heterocycles. The van der Waals surface area contributed by atoms with E-state index >= 15 is 0 Å². The van der Waals surface area contributed by atoms with Crippen molar-refractivity contribution >= 4 is 22.0 Å². The van der Waals surface area contributed by atoms with Gasteiger partial charge in [-0.05, 0) is 47.5 Å². The van der Waals surface area contributed by atoms with E-state index in [1.807, 2.05) is 26.0 Å². The van der Waals surface area contributed by atoms with Crippen LogP contribution >= 0.6 is 15.9 Å². The molecule has 0 aromatic heterocycles. The van der Waals surface area contributed by atoms with Crippen LogP contribution in [0.4, 0.5) is 0 Å². The van der Waals surface area contributed by atoms with Gasteiger partial charge in [-0.3, -0.25) is 0 Å². The monoisotopic (exact) mass is 297 g/mol. The van der Waals surface area contributed by atoms with Crippen LogP contribution < -0.4 is 15.2 Å². The van der Waals surface area contributed by atoms with E-state index in [9.17, 15) is 0 Å². The number of nitrogens with two attached hydrogens (primary N) is 1. The molecule has 1 atom stereocenters. The lowest BCUT2D eigenvalue weighted by Gasteiger charge is -2.20. The van der Waals surface area contributed by atoms with Crippen LogP contribution in [0.5, 0.6) is 11.5 Å². The van der Waals surface area contributed by atoms with E-state index in [-0.39, 0.29) is 6.04 Å². The first-order valence-electron chi connectivity index (χ1n) is 5.61. The number of ether oxygens (including phenoxy) is 2. The number of fused-ring (bicyclic) bond motifs is 1. The maximum absolute atomic E-state index is 5.82. The molecule has 1 aliphatic heterocycles. The smallest absolute Gasteiger partial charge is 0.175 e. The second-order valence-electron chi connectivity index (χ2n) is 4.20. The molecule has 1 unspecified atom stereocenters. The zero-order valence-corrected chi connectivity index (χ0v) is 11.6. The van der Waals surface area contributed by atoms with Gasteiger partial charge in [-0.1, -0.05) is 11.6 Å². The highest BCUT2D eigenvalue weighted by Crippen LogP contribution is 2.39. The molecule has 2 N–H and O–H groups in total. The highest BCUT2D eigenvalue weighted by atomic mass is 79.9. The third kappa shape index (κ3) is 2.82. The van der Waals surface area contributed by atoms with E-state index < -0.39 is 0 Å². The molecule has 0 saturated carbocycles. The number of benzene rings is 1. The van der Waals surface area contributed by atoms with Crippen LogP contribution in [-0.4, -0.2) is 19.3 Å². The largest absolute Gasteiger partial charge is 0.486 e.